The van der Waals surface area contributed by atoms with Crippen LogP contribution in [0.5, 0.6) is 5.75 Å². The zero-order chi connectivity index (χ0) is 12.0. The molecular weight excluding hydrogens is 212 g/mol. The maximum Gasteiger partial charge on any atom is 0.129 e. The van der Waals surface area contributed by atoms with Gasteiger partial charge in [-0.25, -0.2) is 0 Å². The molecule has 0 fully saturated rings. The van der Waals surface area contributed by atoms with Gasteiger partial charge >= 0.3 is 0 Å². The molecule has 1 nitrogen and oxygen atoms in total. The molecule has 0 spiro atoms. The van der Waals surface area contributed by atoms with Crippen molar-refractivity contribution in [2.75, 3.05) is 7.11 Å². The van der Waals surface area contributed by atoms with E-state index in [1.54, 1.807) is 7.11 Å². The number of methoxy groups -OCH3 is 1. The molecule has 0 aliphatic carbocycles. The van der Waals surface area contributed by atoms with Crippen LogP contribution < -0.4 is 4.74 Å². The van der Waals surface area contributed by atoms with Gasteiger partial charge in [-0.05, 0) is 29.8 Å². The summed E-state index contributed by atoms with van der Waals surface area (Å²) in [6.45, 7) is 6.71. The summed E-state index contributed by atoms with van der Waals surface area (Å²) in [5.74, 6) is 3.98. The van der Waals surface area contributed by atoms with Gasteiger partial charge in [-0.3, -0.25) is 0 Å². The molecule has 0 aromatic heterocycles. The molecule has 0 amide bonds. The number of ether oxygens (including phenoxy) is 1. The van der Waals surface area contributed by atoms with E-state index in [2.05, 4.69) is 31.1 Å². The van der Waals surface area contributed by atoms with Crippen LogP contribution in [-0.4, -0.2) is 15.2 Å². The Bertz CT molecular complexity index is 413. The second kappa shape index (κ2) is 5.57. The first-order valence-corrected chi connectivity index (χ1v) is 8.84. The first-order valence-electron chi connectivity index (χ1n) is 5.34. The number of benzene rings is 1. The predicted octanol–water partition coefficient (Wildman–Crippen LogP) is 3.59. The van der Waals surface area contributed by atoms with Crippen LogP contribution in [0.1, 0.15) is 5.56 Å². The van der Waals surface area contributed by atoms with Crippen molar-refractivity contribution in [3.8, 4) is 17.2 Å². The van der Waals surface area contributed by atoms with Crippen molar-refractivity contribution in [1.82, 2.24) is 0 Å². The van der Waals surface area contributed by atoms with Gasteiger partial charge in [0, 0.05) is 0 Å². The molecule has 0 bridgehead atoms. The maximum atomic E-state index is 5.09. The lowest BCUT2D eigenvalue weighted by Gasteiger charge is -2.02. The zero-order valence-electron chi connectivity index (χ0n) is 10.4. The molecule has 0 atom stereocenters. The third-order valence-corrected chi connectivity index (χ3v) is 2.82. The van der Waals surface area contributed by atoms with E-state index in [0.29, 0.717) is 0 Å². The minimum Gasteiger partial charge on any atom is -0.497 e. The number of allylic oxidation sites excluding steroid dienone is 1. The zero-order valence-corrected chi connectivity index (χ0v) is 11.4. The number of hydrogen-bond donors (Lipinski definition) is 0. The summed E-state index contributed by atoms with van der Waals surface area (Å²) in [4.78, 5) is 0. The van der Waals surface area contributed by atoms with Crippen LogP contribution in [0.2, 0.25) is 19.6 Å². The van der Waals surface area contributed by atoms with E-state index < -0.39 is 8.07 Å². The summed E-state index contributed by atoms with van der Waals surface area (Å²) < 4.78 is 5.09. The largest absolute Gasteiger partial charge is 0.497 e. The Hall–Kier alpha value is -1.46. The van der Waals surface area contributed by atoms with E-state index in [-0.39, 0.29) is 0 Å². The highest BCUT2D eigenvalue weighted by Gasteiger charge is 2.06. The highest BCUT2D eigenvalue weighted by atomic mass is 28.3. The summed E-state index contributed by atoms with van der Waals surface area (Å²) >= 11 is 0. The number of hydrogen-bond acceptors (Lipinski definition) is 1. The van der Waals surface area contributed by atoms with E-state index in [4.69, 9.17) is 4.74 Å². The molecular formula is C14H18OSi. The first-order chi connectivity index (χ1) is 7.51. The molecule has 16 heavy (non-hydrogen) atoms. The Morgan fingerprint density at radius 1 is 1.12 bits per heavy atom. The highest BCUT2D eigenvalue weighted by Crippen LogP contribution is 2.11. The highest BCUT2D eigenvalue weighted by molar-refractivity contribution is 6.83. The van der Waals surface area contributed by atoms with Gasteiger partial charge in [0.25, 0.3) is 0 Å². The fraction of sp³-hybridized carbons (Fsp3) is 0.286. The predicted molar refractivity (Wildman–Crippen MR) is 73.2 cm³/mol. The molecule has 1 rings (SSSR count). The second-order valence-corrected chi connectivity index (χ2v) is 9.38. The molecule has 0 heterocycles. The molecule has 0 radical (unpaired) electrons. The molecule has 0 aliphatic heterocycles. The molecule has 0 saturated carbocycles. The van der Waals surface area contributed by atoms with Gasteiger partial charge < -0.3 is 4.74 Å². The van der Waals surface area contributed by atoms with Gasteiger partial charge in [-0.15, -0.1) is 5.54 Å². The Balaban J connectivity index is 2.65. The van der Waals surface area contributed by atoms with E-state index in [9.17, 15) is 0 Å². The molecule has 0 saturated heterocycles. The van der Waals surface area contributed by atoms with Gasteiger partial charge in [0.05, 0.1) is 7.11 Å². The van der Waals surface area contributed by atoms with E-state index in [1.807, 2.05) is 36.4 Å². The average molecular weight is 230 g/mol. The lowest BCUT2D eigenvalue weighted by Crippen LogP contribution is -2.16. The van der Waals surface area contributed by atoms with Crippen LogP contribution in [0.15, 0.2) is 30.3 Å². The second-order valence-electron chi connectivity index (χ2n) is 4.63. The summed E-state index contributed by atoms with van der Waals surface area (Å²) in [5, 5.41) is 0. The van der Waals surface area contributed by atoms with Gasteiger partial charge in [-0.1, -0.05) is 37.7 Å². The van der Waals surface area contributed by atoms with E-state index >= 15 is 0 Å². The van der Waals surface area contributed by atoms with Crippen LogP contribution in [0, 0.1) is 11.5 Å². The fourth-order valence-corrected chi connectivity index (χ4v) is 1.63. The quantitative estimate of drug-likeness (QED) is 0.557. The summed E-state index contributed by atoms with van der Waals surface area (Å²) in [6.07, 6.45) is 3.94. The third kappa shape index (κ3) is 4.86. The lowest BCUT2D eigenvalue weighted by molar-refractivity contribution is 0.415. The first kappa shape index (κ1) is 12.6. The van der Waals surface area contributed by atoms with Crippen LogP contribution in [0.4, 0.5) is 0 Å². The molecule has 1 aromatic rings. The topological polar surface area (TPSA) is 9.23 Å². The molecule has 84 valence electrons. The normalized spacial score (nSPS) is 11.0. The van der Waals surface area contributed by atoms with Gasteiger partial charge in [0.1, 0.15) is 13.8 Å². The Morgan fingerprint density at radius 3 is 2.25 bits per heavy atom. The molecule has 0 aliphatic rings. The Morgan fingerprint density at radius 2 is 1.75 bits per heavy atom. The van der Waals surface area contributed by atoms with Crippen molar-refractivity contribution in [2.45, 2.75) is 19.6 Å². The van der Waals surface area contributed by atoms with Crippen molar-refractivity contribution in [1.29, 1.82) is 0 Å². The SMILES string of the molecule is COc1ccc(/C=C/C#C[Si](C)(C)C)cc1. The van der Waals surface area contributed by atoms with Gasteiger partial charge in [0.15, 0.2) is 0 Å². The monoisotopic (exact) mass is 230 g/mol. The third-order valence-electron chi connectivity index (χ3n) is 1.92. The fourth-order valence-electron chi connectivity index (χ4n) is 1.11. The lowest BCUT2D eigenvalue weighted by atomic mass is 10.2. The Labute approximate surface area is 99.2 Å². The van der Waals surface area contributed by atoms with Gasteiger partial charge in [-0.2, -0.15) is 0 Å². The Kier molecular flexibility index (Phi) is 4.39. The molecule has 0 unspecified atom stereocenters. The van der Waals surface area contributed by atoms with Crippen LogP contribution in [0.3, 0.4) is 0 Å². The maximum absolute atomic E-state index is 5.09. The minimum absolute atomic E-state index is 0.880. The summed E-state index contributed by atoms with van der Waals surface area (Å²) in [6, 6.07) is 7.94. The van der Waals surface area contributed by atoms with E-state index in [0.717, 1.165) is 11.3 Å². The van der Waals surface area contributed by atoms with Crippen molar-refractivity contribution in [3.05, 3.63) is 35.9 Å². The van der Waals surface area contributed by atoms with Crippen LogP contribution in [0.25, 0.3) is 6.08 Å². The van der Waals surface area contributed by atoms with Gasteiger partial charge in [0.2, 0.25) is 0 Å². The molecule has 1 aromatic carbocycles. The van der Waals surface area contributed by atoms with E-state index in [1.165, 1.54) is 0 Å². The molecule has 2 heteroatoms. The average Bonchev–Trinajstić information content (AvgIpc) is 2.24. The number of rotatable bonds is 2. The van der Waals surface area contributed by atoms with Crippen LogP contribution >= 0.6 is 0 Å². The van der Waals surface area contributed by atoms with Crippen molar-refractivity contribution in [3.63, 3.8) is 0 Å². The standard InChI is InChI=1S/C14H18OSi/c1-15-14-10-8-13(9-11-14)7-5-6-12-16(2,3)4/h5,7-11H,1-4H3/b7-5+. The summed E-state index contributed by atoms with van der Waals surface area (Å²) in [5.41, 5.74) is 4.44. The van der Waals surface area contributed by atoms with Crippen molar-refractivity contribution >= 4 is 14.1 Å². The van der Waals surface area contributed by atoms with Crippen molar-refractivity contribution in [2.24, 2.45) is 0 Å². The molecule has 0 N–H and O–H groups in total. The minimum atomic E-state index is -1.24. The van der Waals surface area contributed by atoms with Crippen LogP contribution in [-0.2, 0) is 0 Å². The summed E-state index contributed by atoms with van der Waals surface area (Å²) in [7, 11) is 0.428. The van der Waals surface area contributed by atoms with Crippen molar-refractivity contribution < 1.29 is 4.74 Å². The smallest absolute Gasteiger partial charge is 0.129 e.